The van der Waals surface area contributed by atoms with Gasteiger partial charge in [0.05, 0.1) is 6.10 Å². The first-order chi connectivity index (χ1) is 7.76. The van der Waals surface area contributed by atoms with Crippen LogP contribution in [0.15, 0.2) is 0 Å². The van der Waals surface area contributed by atoms with Crippen molar-refractivity contribution in [1.29, 1.82) is 0 Å². The van der Waals surface area contributed by atoms with Crippen molar-refractivity contribution in [2.24, 2.45) is 11.7 Å². The summed E-state index contributed by atoms with van der Waals surface area (Å²) in [6.07, 6.45) is 5.54. The Kier molecular flexibility index (Phi) is 7.01. The molecule has 3 nitrogen and oxygen atoms in total. The standard InChI is InChI=1S/C13H28N2O/c1-3-16-13-7-5-9-15(11-13)8-4-6-12(2)10-14/h12-13H,3-11,14H2,1-2H3. The number of ether oxygens (including phenoxy) is 1. The maximum atomic E-state index is 5.70. The summed E-state index contributed by atoms with van der Waals surface area (Å²) in [5.41, 5.74) is 5.62. The van der Waals surface area contributed by atoms with Crippen LogP contribution < -0.4 is 5.73 Å². The molecule has 16 heavy (non-hydrogen) atoms. The minimum atomic E-state index is 0.477. The number of nitrogens with zero attached hydrogens (tertiary/aromatic N) is 1. The van der Waals surface area contributed by atoms with E-state index in [4.69, 9.17) is 10.5 Å². The monoisotopic (exact) mass is 228 g/mol. The zero-order chi connectivity index (χ0) is 11.8. The SMILES string of the molecule is CCOC1CCCN(CCCC(C)CN)C1. The molecule has 1 aliphatic rings. The summed E-state index contributed by atoms with van der Waals surface area (Å²) in [4.78, 5) is 2.55. The Balaban J connectivity index is 2.11. The smallest absolute Gasteiger partial charge is 0.0702 e. The molecule has 2 atom stereocenters. The van der Waals surface area contributed by atoms with Crippen molar-refractivity contribution >= 4 is 0 Å². The number of hydrogen-bond donors (Lipinski definition) is 1. The molecule has 0 aromatic rings. The first kappa shape index (κ1) is 13.9. The van der Waals surface area contributed by atoms with Gasteiger partial charge in [-0.1, -0.05) is 6.92 Å². The third kappa shape index (κ3) is 5.28. The predicted octanol–water partition coefficient (Wildman–Crippen LogP) is 1.86. The van der Waals surface area contributed by atoms with Crippen molar-refractivity contribution in [1.82, 2.24) is 4.90 Å². The third-order valence-electron chi connectivity index (χ3n) is 3.44. The third-order valence-corrected chi connectivity index (χ3v) is 3.44. The molecule has 0 spiro atoms. The van der Waals surface area contributed by atoms with Gasteiger partial charge in [-0.05, 0) is 58.2 Å². The highest BCUT2D eigenvalue weighted by Crippen LogP contribution is 2.14. The largest absolute Gasteiger partial charge is 0.377 e. The fourth-order valence-corrected chi connectivity index (χ4v) is 2.37. The molecule has 0 aromatic heterocycles. The van der Waals surface area contributed by atoms with E-state index in [-0.39, 0.29) is 0 Å². The summed E-state index contributed by atoms with van der Waals surface area (Å²) in [6.45, 7) is 9.59. The van der Waals surface area contributed by atoms with Crippen molar-refractivity contribution in [3.8, 4) is 0 Å². The second-order valence-corrected chi connectivity index (χ2v) is 5.00. The lowest BCUT2D eigenvalue weighted by Gasteiger charge is -2.32. The highest BCUT2D eigenvalue weighted by atomic mass is 16.5. The van der Waals surface area contributed by atoms with E-state index in [9.17, 15) is 0 Å². The van der Waals surface area contributed by atoms with Crippen LogP contribution in [0.25, 0.3) is 0 Å². The molecule has 0 saturated carbocycles. The van der Waals surface area contributed by atoms with Crippen LogP contribution in [0.4, 0.5) is 0 Å². The Morgan fingerprint density at radius 2 is 2.31 bits per heavy atom. The van der Waals surface area contributed by atoms with Gasteiger partial charge in [-0.15, -0.1) is 0 Å². The van der Waals surface area contributed by atoms with Crippen LogP contribution in [0.5, 0.6) is 0 Å². The molecule has 1 aliphatic heterocycles. The van der Waals surface area contributed by atoms with E-state index in [1.54, 1.807) is 0 Å². The molecule has 1 rings (SSSR count). The Labute approximate surface area is 100 Å². The van der Waals surface area contributed by atoms with Crippen molar-refractivity contribution < 1.29 is 4.74 Å². The Hall–Kier alpha value is -0.120. The van der Waals surface area contributed by atoms with E-state index >= 15 is 0 Å². The number of rotatable bonds is 7. The van der Waals surface area contributed by atoms with Crippen LogP contribution in [-0.4, -0.2) is 43.8 Å². The highest BCUT2D eigenvalue weighted by molar-refractivity contribution is 4.73. The Morgan fingerprint density at radius 1 is 1.50 bits per heavy atom. The lowest BCUT2D eigenvalue weighted by atomic mass is 10.0. The van der Waals surface area contributed by atoms with Crippen molar-refractivity contribution in [2.75, 3.05) is 32.8 Å². The second kappa shape index (κ2) is 8.04. The summed E-state index contributed by atoms with van der Waals surface area (Å²) < 4.78 is 5.70. The molecular weight excluding hydrogens is 200 g/mol. The molecule has 96 valence electrons. The Bertz CT molecular complexity index is 173. The van der Waals surface area contributed by atoms with Gasteiger partial charge in [0.1, 0.15) is 0 Å². The second-order valence-electron chi connectivity index (χ2n) is 5.00. The molecule has 1 heterocycles. The zero-order valence-corrected chi connectivity index (χ0v) is 11.0. The predicted molar refractivity (Wildman–Crippen MR) is 68.5 cm³/mol. The van der Waals surface area contributed by atoms with Gasteiger partial charge in [-0.25, -0.2) is 0 Å². The van der Waals surface area contributed by atoms with Crippen LogP contribution in [0.3, 0.4) is 0 Å². The van der Waals surface area contributed by atoms with Gasteiger partial charge in [-0.3, -0.25) is 0 Å². The fourth-order valence-electron chi connectivity index (χ4n) is 2.37. The van der Waals surface area contributed by atoms with Gasteiger partial charge >= 0.3 is 0 Å². The summed E-state index contributed by atoms with van der Waals surface area (Å²) in [7, 11) is 0. The average Bonchev–Trinajstić information content (AvgIpc) is 2.30. The number of piperidine rings is 1. The number of nitrogens with two attached hydrogens (primary N) is 1. The topological polar surface area (TPSA) is 38.5 Å². The van der Waals surface area contributed by atoms with Crippen molar-refractivity contribution in [3.63, 3.8) is 0 Å². The first-order valence-electron chi connectivity index (χ1n) is 6.80. The van der Waals surface area contributed by atoms with Crippen LogP contribution in [0.2, 0.25) is 0 Å². The summed E-state index contributed by atoms with van der Waals surface area (Å²) in [5.74, 6) is 0.674. The molecule has 1 fully saturated rings. The normalized spacial score (nSPS) is 24.6. The van der Waals surface area contributed by atoms with E-state index in [1.165, 1.54) is 38.8 Å². The fraction of sp³-hybridized carbons (Fsp3) is 1.00. The highest BCUT2D eigenvalue weighted by Gasteiger charge is 2.19. The van der Waals surface area contributed by atoms with Crippen LogP contribution in [-0.2, 0) is 4.74 Å². The van der Waals surface area contributed by atoms with E-state index in [0.717, 1.165) is 19.7 Å². The van der Waals surface area contributed by atoms with Gasteiger partial charge < -0.3 is 15.4 Å². The van der Waals surface area contributed by atoms with E-state index in [2.05, 4.69) is 18.7 Å². The lowest BCUT2D eigenvalue weighted by molar-refractivity contribution is 0.00541. The maximum absolute atomic E-state index is 5.70. The van der Waals surface area contributed by atoms with Crippen LogP contribution in [0.1, 0.15) is 39.5 Å². The summed E-state index contributed by atoms with van der Waals surface area (Å²) in [5, 5.41) is 0. The molecule has 0 radical (unpaired) electrons. The van der Waals surface area contributed by atoms with Gasteiger partial charge in [-0.2, -0.15) is 0 Å². The first-order valence-corrected chi connectivity index (χ1v) is 6.80. The van der Waals surface area contributed by atoms with Gasteiger partial charge in [0.2, 0.25) is 0 Å². The van der Waals surface area contributed by atoms with E-state index < -0.39 is 0 Å². The molecule has 2 unspecified atom stereocenters. The van der Waals surface area contributed by atoms with Gasteiger partial charge in [0.15, 0.2) is 0 Å². The quantitative estimate of drug-likeness (QED) is 0.723. The molecule has 0 aromatic carbocycles. The average molecular weight is 228 g/mol. The maximum Gasteiger partial charge on any atom is 0.0702 e. The minimum absolute atomic E-state index is 0.477. The molecule has 2 N–H and O–H groups in total. The van der Waals surface area contributed by atoms with E-state index in [1.807, 2.05) is 0 Å². The lowest BCUT2D eigenvalue weighted by Crippen LogP contribution is -2.40. The molecule has 1 saturated heterocycles. The molecule has 0 bridgehead atoms. The van der Waals surface area contributed by atoms with Crippen molar-refractivity contribution in [3.05, 3.63) is 0 Å². The van der Waals surface area contributed by atoms with Crippen LogP contribution >= 0.6 is 0 Å². The summed E-state index contributed by atoms with van der Waals surface area (Å²) >= 11 is 0. The Morgan fingerprint density at radius 3 is 3.00 bits per heavy atom. The van der Waals surface area contributed by atoms with Crippen molar-refractivity contribution in [2.45, 2.75) is 45.6 Å². The number of likely N-dealkylation sites (tertiary alicyclic amines) is 1. The molecule has 0 amide bonds. The summed E-state index contributed by atoms with van der Waals surface area (Å²) in [6, 6.07) is 0. The molecule has 0 aliphatic carbocycles. The van der Waals surface area contributed by atoms with Gasteiger partial charge in [0.25, 0.3) is 0 Å². The zero-order valence-electron chi connectivity index (χ0n) is 11.0. The molecule has 3 heteroatoms. The van der Waals surface area contributed by atoms with E-state index in [0.29, 0.717) is 12.0 Å². The van der Waals surface area contributed by atoms with Gasteiger partial charge in [0, 0.05) is 13.2 Å². The van der Waals surface area contributed by atoms with Crippen LogP contribution in [0, 0.1) is 5.92 Å². The number of hydrogen-bond acceptors (Lipinski definition) is 3. The minimum Gasteiger partial charge on any atom is -0.377 e. The molecular formula is C13H28N2O.